The molecule has 1 heterocycles. The van der Waals surface area contributed by atoms with Gasteiger partial charge in [-0.1, -0.05) is 51.2 Å². The zero-order valence-electron chi connectivity index (χ0n) is 15.4. The van der Waals surface area contributed by atoms with Crippen LogP contribution in [-0.2, 0) is 9.59 Å². The standard InChI is InChI=1S/C20H26N2O3S/c1-3-4-5-6-7-8-13-25-17-11-9-16(10-12-17)14-18-19(24)22-20(26-18)21-15(2)23/h9-12,14H,3-8,13H2,1-2H3,(H,21,22,23,24)/b18-14+. The van der Waals surface area contributed by atoms with Crippen molar-refractivity contribution in [3.63, 3.8) is 0 Å². The number of rotatable bonds is 9. The Balaban J connectivity index is 1.77. The molecule has 2 rings (SSSR count). The smallest absolute Gasteiger partial charge is 0.286 e. The highest BCUT2D eigenvalue weighted by Crippen LogP contribution is 2.27. The van der Waals surface area contributed by atoms with Crippen molar-refractivity contribution in [1.29, 1.82) is 0 Å². The summed E-state index contributed by atoms with van der Waals surface area (Å²) in [4.78, 5) is 27.2. The molecule has 1 aliphatic rings. The van der Waals surface area contributed by atoms with Gasteiger partial charge in [0.15, 0.2) is 5.17 Å². The van der Waals surface area contributed by atoms with E-state index >= 15 is 0 Å². The predicted octanol–water partition coefficient (Wildman–Crippen LogP) is 4.53. The van der Waals surface area contributed by atoms with Crippen molar-refractivity contribution in [2.45, 2.75) is 52.4 Å². The third-order valence-corrected chi connectivity index (χ3v) is 4.75. The van der Waals surface area contributed by atoms with Gasteiger partial charge in [0.2, 0.25) is 5.91 Å². The number of amides is 2. The number of carbonyl (C=O) groups is 2. The molecule has 5 nitrogen and oxygen atoms in total. The average Bonchev–Trinajstić information content (AvgIpc) is 2.94. The number of benzene rings is 1. The molecule has 0 aromatic heterocycles. The minimum absolute atomic E-state index is 0.239. The molecule has 0 spiro atoms. The Bertz CT molecular complexity index is 681. The minimum Gasteiger partial charge on any atom is -0.494 e. The number of amidine groups is 1. The molecule has 0 radical (unpaired) electrons. The Morgan fingerprint density at radius 2 is 1.85 bits per heavy atom. The van der Waals surface area contributed by atoms with Gasteiger partial charge < -0.3 is 10.1 Å². The van der Waals surface area contributed by atoms with Crippen molar-refractivity contribution >= 4 is 34.8 Å². The summed E-state index contributed by atoms with van der Waals surface area (Å²) in [6.07, 6.45) is 9.22. The highest BCUT2D eigenvalue weighted by molar-refractivity contribution is 8.18. The quantitative estimate of drug-likeness (QED) is 0.509. The monoisotopic (exact) mass is 374 g/mol. The van der Waals surface area contributed by atoms with Crippen LogP contribution in [0.4, 0.5) is 0 Å². The van der Waals surface area contributed by atoms with Gasteiger partial charge in [-0.15, -0.1) is 0 Å². The molecule has 0 saturated carbocycles. The van der Waals surface area contributed by atoms with Crippen LogP contribution in [0.3, 0.4) is 0 Å². The van der Waals surface area contributed by atoms with Crippen molar-refractivity contribution in [2.75, 3.05) is 6.61 Å². The van der Waals surface area contributed by atoms with Crippen LogP contribution in [0, 0.1) is 0 Å². The Labute approximate surface area is 159 Å². The van der Waals surface area contributed by atoms with Crippen LogP contribution in [0.25, 0.3) is 6.08 Å². The Hall–Kier alpha value is -2.08. The second-order valence-corrected chi connectivity index (χ2v) is 7.23. The molecule has 1 aromatic rings. The van der Waals surface area contributed by atoms with Crippen LogP contribution in [0.15, 0.2) is 34.2 Å². The third-order valence-electron chi connectivity index (χ3n) is 3.85. The van der Waals surface area contributed by atoms with Crippen LogP contribution in [-0.4, -0.2) is 23.6 Å². The molecule has 0 saturated heterocycles. The number of nitrogens with zero attached hydrogens (tertiary/aromatic N) is 1. The molecule has 26 heavy (non-hydrogen) atoms. The molecule has 0 atom stereocenters. The van der Waals surface area contributed by atoms with Gasteiger partial charge in [0.1, 0.15) is 5.75 Å². The maximum Gasteiger partial charge on any atom is 0.286 e. The molecular weight excluding hydrogens is 348 g/mol. The second kappa shape index (κ2) is 10.8. The molecule has 6 heteroatoms. The first kappa shape index (κ1) is 20.2. The first-order valence-corrected chi connectivity index (χ1v) is 9.93. The summed E-state index contributed by atoms with van der Waals surface area (Å²) in [6.45, 7) is 4.34. The van der Waals surface area contributed by atoms with E-state index in [4.69, 9.17) is 4.74 Å². The van der Waals surface area contributed by atoms with Crippen LogP contribution in [0.1, 0.15) is 57.9 Å². The van der Waals surface area contributed by atoms with Gasteiger partial charge in [0.25, 0.3) is 5.91 Å². The summed E-state index contributed by atoms with van der Waals surface area (Å²) < 4.78 is 5.76. The maximum absolute atomic E-state index is 11.9. The number of thioether (sulfide) groups is 1. The van der Waals surface area contributed by atoms with E-state index < -0.39 is 0 Å². The van der Waals surface area contributed by atoms with Crippen LogP contribution >= 0.6 is 11.8 Å². The zero-order valence-corrected chi connectivity index (χ0v) is 16.2. The lowest BCUT2D eigenvalue weighted by Crippen LogP contribution is -2.23. The van der Waals surface area contributed by atoms with Crippen LogP contribution in [0.2, 0.25) is 0 Å². The van der Waals surface area contributed by atoms with Crippen LogP contribution < -0.4 is 10.1 Å². The minimum atomic E-state index is -0.331. The zero-order chi connectivity index (χ0) is 18.8. The third kappa shape index (κ3) is 7.04. The summed E-state index contributed by atoms with van der Waals surface area (Å²) >= 11 is 1.17. The Morgan fingerprint density at radius 3 is 2.54 bits per heavy atom. The van der Waals surface area contributed by atoms with Crippen molar-refractivity contribution in [3.05, 3.63) is 34.7 Å². The van der Waals surface area contributed by atoms with Crippen molar-refractivity contribution in [3.8, 4) is 5.75 Å². The van der Waals surface area contributed by atoms with E-state index in [2.05, 4.69) is 17.2 Å². The summed E-state index contributed by atoms with van der Waals surface area (Å²) in [7, 11) is 0. The van der Waals surface area contributed by atoms with E-state index in [1.165, 1.54) is 50.8 Å². The Morgan fingerprint density at radius 1 is 1.15 bits per heavy atom. The van der Waals surface area contributed by atoms with Gasteiger partial charge in [-0.05, 0) is 42.0 Å². The van der Waals surface area contributed by atoms with Crippen molar-refractivity contribution < 1.29 is 14.3 Å². The fourth-order valence-electron chi connectivity index (χ4n) is 2.50. The van der Waals surface area contributed by atoms with E-state index in [-0.39, 0.29) is 11.8 Å². The van der Waals surface area contributed by atoms with Gasteiger partial charge in [-0.2, -0.15) is 4.99 Å². The predicted molar refractivity (Wildman–Crippen MR) is 107 cm³/mol. The molecule has 1 aliphatic heterocycles. The largest absolute Gasteiger partial charge is 0.494 e. The van der Waals surface area contributed by atoms with E-state index in [1.807, 2.05) is 24.3 Å². The number of nitrogens with one attached hydrogen (secondary N) is 1. The molecular formula is C20H26N2O3S. The first-order valence-electron chi connectivity index (χ1n) is 9.11. The van der Waals surface area contributed by atoms with E-state index in [0.717, 1.165) is 24.3 Å². The summed E-state index contributed by atoms with van der Waals surface area (Å²) in [5, 5.41) is 2.86. The number of hydrogen-bond acceptors (Lipinski definition) is 4. The van der Waals surface area contributed by atoms with Gasteiger partial charge in [0, 0.05) is 6.92 Å². The van der Waals surface area contributed by atoms with Crippen molar-refractivity contribution in [2.24, 2.45) is 4.99 Å². The molecule has 0 fully saturated rings. The number of aliphatic imine (C=N–C) groups is 1. The van der Waals surface area contributed by atoms with E-state index in [0.29, 0.717) is 10.1 Å². The number of carbonyl (C=O) groups excluding carboxylic acids is 2. The highest BCUT2D eigenvalue weighted by atomic mass is 32.2. The van der Waals surface area contributed by atoms with Gasteiger partial charge in [-0.25, -0.2) is 0 Å². The fourth-order valence-corrected chi connectivity index (χ4v) is 3.36. The van der Waals surface area contributed by atoms with Gasteiger partial charge in [-0.3, -0.25) is 9.59 Å². The van der Waals surface area contributed by atoms with E-state index in [9.17, 15) is 9.59 Å². The van der Waals surface area contributed by atoms with E-state index in [1.54, 1.807) is 6.08 Å². The van der Waals surface area contributed by atoms with Crippen LogP contribution in [0.5, 0.6) is 5.75 Å². The molecule has 0 bridgehead atoms. The molecule has 1 N–H and O–H groups in total. The Kier molecular flexibility index (Phi) is 8.41. The topological polar surface area (TPSA) is 67.8 Å². The summed E-state index contributed by atoms with van der Waals surface area (Å²) in [6, 6.07) is 7.63. The lowest BCUT2D eigenvalue weighted by molar-refractivity contribution is -0.117. The molecule has 0 aliphatic carbocycles. The average molecular weight is 375 g/mol. The number of unbranched alkanes of at least 4 members (excludes halogenated alkanes) is 5. The summed E-state index contributed by atoms with van der Waals surface area (Å²) in [5.74, 6) is 0.264. The maximum atomic E-state index is 11.9. The molecule has 1 aromatic carbocycles. The molecule has 0 unspecified atom stereocenters. The lowest BCUT2D eigenvalue weighted by Gasteiger charge is -2.06. The molecule has 140 valence electrons. The van der Waals surface area contributed by atoms with Gasteiger partial charge in [0.05, 0.1) is 11.5 Å². The fraction of sp³-hybridized carbons (Fsp3) is 0.450. The molecule has 2 amide bonds. The second-order valence-electron chi connectivity index (χ2n) is 6.20. The first-order chi connectivity index (χ1) is 12.6. The lowest BCUT2D eigenvalue weighted by atomic mass is 10.1. The summed E-state index contributed by atoms with van der Waals surface area (Å²) in [5.41, 5.74) is 0.895. The number of ether oxygens (including phenoxy) is 1. The highest BCUT2D eigenvalue weighted by Gasteiger charge is 2.22. The van der Waals surface area contributed by atoms with Gasteiger partial charge >= 0.3 is 0 Å². The van der Waals surface area contributed by atoms with Crippen molar-refractivity contribution in [1.82, 2.24) is 5.32 Å². The SMILES string of the molecule is CCCCCCCCOc1ccc(/C=C2/SC(NC(C)=O)=NC2=O)cc1. The number of hydrogen-bond donors (Lipinski definition) is 1. The normalized spacial score (nSPS) is 15.2.